The SMILES string of the molecule is CCC(Nc1cccc([N+](=O)[O-])c1C)c1ccccc1O. The molecular weight excluding hydrogens is 268 g/mol. The van der Waals surface area contributed by atoms with E-state index in [0.717, 1.165) is 12.0 Å². The van der Waals surface area contributed by atoms with E-state index < -0.39 is 0 Å². The molecule has 110 valence electrons. The van der Waals surface area contributed by atoms with Crippen molar-refractivity contribution in [1.82, 2.24) is 0 Å². The topological polar surface area (TPSA) is 75.4 Å². The number of anilines is 1. The summed E-state index contributed by atoms with van der Waals surface area (Å²) in [5.74, 6) is 0.222. The van der Waals surface area contributed by atoms with Gasteiger partial charge < -0.3 is 10.4 Å². The average molecular weight is 286 g/mol. The summed E-state index contributed by atoms with van der Waals surface area (Å²) in [6, 6.07) is 12.0. The smallest absolute Gasteiger partial charge is 0.274 e. The fourth-order valence-electron chi connectivity index (χ4n) is 2.35. The Hall–Kier alpha value is -2.56. The van der Waals surface area contributed by atoms with Gasteiger partial charge in [-0.05, 0) is 25.5 Å². The maximum atomic E-state index is 11.0. The van der Waals surface area contributed by atoms with Crippen LogP contribution in [0.2, 0.25) is 0 Å². The second-order valence-corrected chi connectivity index (χ2v) is 4.87. The van der Waals surface area contributed by atoms with E-state index in [1.165, 1.54) is 6.07 Å². The van der Waals surface area contributed by atoms with Gasteiger partial charge in [0.25, 0.3) is 5.69 Å². The molecule has 1 atom stereocenters. The van der Waals surface area contributed by atoms with Crippen molar-refractivity contribution in [1.29, 1.82) is 0 Å². The summed E-state index contributed by atoms with van der Waals surface area (Å²) in [4.78, 5) is 10.6. The largest absolute Gasteiger partial charge is 0.508 e. The molecule has 5 heteroatoms. The molecule has 2 aromatic rings. The lowest BCUT2D eigenvalue weighted by Gasteiger charge is -2.21. The van der Waals surface area contributed by atoms with Gasteiger partial charge in [-0.3, -0.25) is 10.1 Å². The number of nitro benzene ring substituents is 1. The van der Waals surface area contributed by atoms with Gasteiger partial charge in [0.05, 0.1) is 11.0 Å². The number of hydrogen-bond donors (Lipinski definition) is 2. The molecule has 0 aliphatic heterocycles. The van der Waals surface area contributed by atoms with Crippen LogP contribution in [0.3, 0.4) is 0 Å². The van der Waals surface area contributed by atoms with Crippen LogP contribution in [-0.2, 0) is 0 Å². The zero-order valence-corrected chi connectivity index (χ0v) is 12.0. The molecule has 0 fully saturated rings. The molecule has 0 bridgehead atoms. The van der Waals surface area contributed by atoms with E-state index in [1.54, 1.807) is 25.1 Å². The lowest BCUT2D eigenvalue weighted by atomic mass is 10.0. The molecule has 21 heavy (non-hydrogen) atoms. The van der Waals surface area contributed by atoms with Crippen LogP contribution in [0.1, 0.15) is 30.5 Å². The number of phenolic OH excluding ortho intramolecular Hbond substituents is 1. The third-order valence-electron chi connectivity index (χ3n) is 3.55. The lowest BCUT2D eigenvalue weighted by molar-refractivity contribution is -0.385. The number of benzene rings is 2. The molecule has 0 heterocycles. The number of nitrogens with zero attached hydrogens (tertiary/aromatic N) is 1. The van der Waals surface area contributed by atoms with Crippen LogP contribution in [0.4, 0.5) is 11.4 Å². The Balaban J connectivity index is 2.34. The van der Waals surface area contributed by atoms with Crippen LogP contribution >= 0.6 is 0 Å². The molecule has 5 nitrogen and oxygen atoms in total. The predicted octanol–water partition coefficient (Wildman–Crippen LogP) is 4.17. The van der Waals surface area contributed by atoms with Crippen LogP contribution in [-0.4, -0.2) is 10.0 Å². The van der Waals surface area contributed by atoms with E-state index in [4.69, 9.17) is 0 Å². The first-order chi connectivity index (χ1) is 10.0. The highest BCUT2D eigenvalue weighted by molar-refractivity contribution is 5.61. The molecule has 0 aliphatic carbocycles. The number of hydrogen-bond acceptors (Lipinski definition) is 4. The highest BCUT2D eigenvalue weighted by Gasteiger charge is 2.17. The molecule has 2 rings (SSSR count). The van der Waals surface area contributed by atoms with Gasteiger partial charge in [0, 0.05) is 22.9 Å². The van der Waals surface area contributed by atoms with E-state index in [-0.39, 0.29) is 22.4 Å². The highest BCUT2D eigenvalue weighted by Crippen LogP contribution is 2.32. The van der Waals surface area contributed by atoms with E-state index in [0.29, 0.717) is 11.3 Å². The lowest BCUT2D eigenvalue weighted by Crippen LogP contribution is -2.11. The van der Waals surface area contributed by atoms with Crippen molar-refractivity contribution < 1.29 is 10.0 Å². The summed E-state index contributed by atoms with van der Waals surface area (Å²) in [6.45, 7) is 3.72. The van der Waals surface area contributed by atoms with E-state index in [2.05, 4.69) is 5.32 Å². The molecule has 0 radical (unpaired) electrons. The minimum atomic E-state index is -0.387. The van der Waals surface area contributed by atoms with E-state index in [9.17, 15) is 15.2 Å². The fourth-order valence-corrected chi connectivity index (χ4v) is 2.35. The van der Waals surface area contributed by atoms with Crippen molar-refractivity contribution in [3.05, 3.63) is 63.7 Å². The molecule has 2 N–H and O–H groups in total. The first kappa shape index (κ1) is 14.8. The van der Waals surface area contributed by atoms with Crippen LogP contribution in [0.5, 0.6) is 5.75 Å². The van der Waals surface area contributed by atoms with Crippen molar-refractivity contribution in [2.45, 2.75) is 26.3 Å². The number of nitrogens with one attached hydrogen (secondary N) is 1. The summed E-state index contributed by atoms with van der Waals surface area (Å²) < 4.78 is 0. The molecule has 1 unspecified atom stereocenters. The molecule has 2 aromatic carbocycles. The summed E-state index contributed by atoms with van der Waals surface area (Å²) in [5.41, 5.74) is 2.17. The summed E-state index contributed by atoms with van der Waals surface area (Å²) in [7, 11) is 0. The van der Waals surface area contributed by atoms with E-state index >= 15 is 0 Å². The number of phenols is 1. The Labute approximate surface area is 123 Å². The van der Waals surface area contributed by atoms with Crippen molar-refractivity contribution in [2.75, 3.05) is 5.32 Å². The van der Waals surface area contributed by atoms with Crippen LogP contribution in [0.15, 0.2) is 42.5 Å². The zero-order valence-electron chi connectivity index (χ0n) is 12.0. The summed E-state index contributed by atoms with van der Waals surface area (Å²) >= 11 is 0. The van der Waals surface area contributed by atoms with Gasteiger partial charge in [-0.2, -0.15) is 0 Å². The number of para-hydroxylation sites is 1. The van der Waals surface area contributed by atoms with Crippen LogP contribution in [0.25, 0.3) is 0 Å². The molecule has 0 amide bonds. The van der Waals surface area contributed by atoms with Gasteiger partial charge in [-0.25, -0.2) is 0 Å². The maximum Gasteiger partial charge on any atom is 0.274 e. The molecule has 0 saturated heterocycles. The quantitative estimate of drug-likeness (QED) is 0.639. The third kappa shape index (κ3) is 3.13. The second kappa shape index (κ2) is 6.26. The predicted molar refractivity (Wildman–Crippen MR) is 82.6 cm³/mol. The average Bonchev–Trinajstić information content (AvgIpc) is 2.47. The Bertz CT molecular complexity index is 656. The van der Waals surface area contributed by atoms with Crippen LogP contribution in [0, 0.1) is 17.0 Å². The van der Waals surface area contributed by atoms with Crippen molar-refractivity contribution in [3.63, 3.8) is 0 Å². The van der Waals surface area contributed by atoms with Gasteiger partial charge in [0.1, 0.15) is 5.75 Å². The molecule has 0 aromatic heterocycles. The second-order valence-electron chi connectivity index (χ2n) is 4.87. The number of aromatic hydroxyl groups is 1. The normalized spacial score (nSPS) is 11.9. The first-order valence-corrected chi connectivity index (χ1v) is 6.83. The molecule has 0 spiro atoms. The monoisotopic (exact) mass is 286 g/mol. The Morgan fingerprint density at radius 2 is 1.95 bits per heavy atom. The van der Waals surface area contributed by atoms with Gasteiger partial charge in [0.2, 0.25) is 0 Å². The number of rotatable bonds is 5. The molecular formula is C16H18N2O3. The Kier molecular flexibility index (Phi) is 4.42. The van der Waals surface area contributed by atoms with Crippen LogP contribution < -0.4 is 5.32 Å². The zero-order chi connectivity index (χ0) is 15.4. The van der Waals surface area contributed by atoms with Gasteiger partial charge in [0.15, 0.2) is 0 Å². The maximum absolute atomic E-state index is 11.0. The van der Waals surface area contributed by atoms with Crippen molar-refractivity contribution in [2.24, 2.45) is 0 Å². The van der Waals surface area contributed by atoms with Gasteiger partial charge in [-0.15, -0.1) is 0 Å². The summed E-state index contributed by atoms with van der Waals surface area (Å²) in [6.07, 6.45) is 0.750. The fraction of sp³-hybridized carbons (Fsp3) is 0.250. The first-order valence-electron chi connectivity index (χ1n) is 6.83. The highest BCUT2D eigenvalue weighted by atomic mass is 16.6. The Morgan fingerprint density at radius 3 is 2.57 bits per heavy atom. The minimum Gasteiger partial charge on any atom is -0.508 e. The standard InChI is InChI=1S/C16H18N2O3/c1-3-13(12-7-4-5-10-16(12)19)17-14-8-6-9-15(11(14)2)18(20)21/h4-10,13,17,19H,3H2,1-2H3. The van der Waals surface area contributed by atoms with Crippen molar-refractivity contribution in [3.8, 4) is 5.75 Å². The minimum absolute atomic E-state index is 0.0899. The van der Waals surface area contributed by atoms with Gasteiger partial charge in [-0.1, -0.05) is 31.2 Å². The van der Waals surface area contributed by atoms with Gasteiger partial charge >= 0.3 is 0 Å². The number of nitro groups is 1. The van der Waals surface area contributed by atoms with Crippen molar-refractivity contribution >= 4 is 11.4 Å². The molecule has 0 aliphatic rings. The Morgan fingerprint density at radius 1 is 1.24 bits per heavy atom. The third-order valence-corrected chi connectivity index (χ3v) is 3.55. The van der Waals surface area contributed by atoms with E-state index in [1.807, 2.05) is 25.1 Å². The molecule has 0 saturated carbocycles. The summed E-state index contributed by atoms with van der Waals surface area (Å²) in [5, 5.41) is 24.2.